The number of benzene rings is 1. The van der Waals surface area contributed by atoms with Crippen LogP contribution in [0.5, 0.6) is 0 Å². The van der Waals surface area contributed by atoms with Gasteiger partial charge in [-0.15, -0.1) is 10.2 Å². The van der Waals surface area contributed by atoms with Gasteiger partial charge in [-0.3, -0.25) is 9.78 Å². The molecule has 0 aliphatic carbocycles. The molecule has 1 N–H and O–H groups in total. The highest BCUT2D eigenvalue weighted by Gasteiger charge is 2.19. The van der Waals surface area contributed by atoms with Crippen molar-refractivity contribution in [3.8, 4) is 11.5 Å². The average Bonchev–Trinajstić information content (AvgIpc) is 3.06. The number of pyridine rings is 1. The zero-order valence-electron chi connectivity index (χ0n) is 13.3. The van der Waals surface area contributed by atoms with E-state index in [1.54, 1.807) is 25.4 Å². The normalized spacial score (nSPS) is 11.9. The summed E-state index contributed by atoms with van der Waals surface area (Å²) >= 11 is 1.22. The molecule has 0 aliphatic rings. The third-order valence-corrected chi connectivity index (χ3v) is 4.22. The molecule has 1 aromatic carbocycles. The molecule has 1 atom stereocenters. The Hall–Kier alpha value is -2.67. The second kappa shape index (κ2) is 7.27. The van der Waals surface area contributed by atoms with E-state index in [-0.39, 0.29) is 11.2 Å². The molecule has 6 nitrogen and oxygen atoms in total. The molecular formula is C17H16N4O2S. The SMILES string of the molecule is Cc1ccc(NC(=O)[C@@H](C)Sc2nnc(-c3cccnc3)o2)cc1. The Kier molecular flexibility index (Phi) is 4.90. The Labute approximate surface area is 143 Å². The summed E-state index contributed by atoms with van der Waals surface area (Å²) < 4.78 is 5.58. The lowest BCUT2D eigenvalue weighted by atomic mass is 10.2. The van der Waals surface area contributed by atoms with Crippen LogP contribution in [0.15, 0.2) is 58.4 Å². The Morgan fingerprint density at radius 2 is 2.00 bits per heavy atom. The van der Waals surface area contributed by atoms with Crippen molar-refractivity contribution in [3.05, 3.63) is 54.4 Å². The van der Waals surface area contributed by atoms with Gasteiger partial charge in [-0.1, -0.05) is 29.5 Å². The summed E-state index contributed by atoms with van der Waals surface area (Å²) in [5, 5.41) is 10.8. The first-order valence-corrected chi connectivity index (χ1v) is 8.28. The van der Waals surface area contributed by atoms with Crippen LogP contribution < -0.4 is 5.32 Å². The van der Waals surface area contributed by atoms with Gasteiger partial charge in [-0.2, -0.15) is 0 Å². The minimum Gasteiger partial charge on any atom is -0.411 e. The van der Waals surface area contributed by atoms with Crippen molar-refractivity contribution in [1.82, 2.24) is 15.2 Å². The van der Waals surface area contributed by atoms with Crippen molar-refractivity contribution in [3.63, 3.8) is 0 Å². The summed E-state index contributed by atoms with van der Waals surface area (Å²) in [5.41, 5.74) is 2.65. The van der Waals surface area contributed by atoms with Crippen molar-refractivity contribution < 1.29 is 9.21 Å². The van der Waals surface area contributed by atoms with E-state index in [4.69, 9.17) is 4.42 Å². The molecule has 3 aromatic rings. The maximum absolute atomic E-state index is 12.2. The zero-order valence-corrected chi connectivity index (χ0v) is 14.1. The highest BCUT2D eigenvalue weighted by atomic mass is 32.2. The Bertz CT molecular complexity index is 818. The number of nitrogens with zero attached hydrogens (tertiary/aromatic N) is 3. The van der Waals surface area contributed by atoms with Crippen LogP contribution in [0.25, 0.3) is 11.5 Å². The van der Waals surface area contributed by atoms with Crippen LogP contribution in [-0.2, 0) is 4.79 Å². The number of aromatic nitrogens is 3. The van der Waals surface area contributed by atoms with Crippen LogP contribution in [0.1, 0.15) is 12.5 Å². The monoisotopic (exact) mass is 340 g/mol. The molecule has 0 aliphatic heterocycles. The quantitative estimate of drug-likeness (QED) is 0.715. The molecule has 1 amide bonds. The summed E-state index contributed by atoms with van der Waals surface area (Å²) in [4.78, 5) is 16.3. The number of aryl methyl sites for hydroxylation is 1. The first kappa shape index (κ1) is 16.2. The van der Waals surface area contributed by atoms with Crippen molar-refractivity contribution in [1.29, 1.82) is 0 Å². The number of rotatable bonds is 5. The summed E-state index contributed by atoms with van der Waals surface area (Å²) in [6, 6.07) is 11.3. The number of nitrogens with one attached hydrogen (secondary N) is 1. The van der Waals surface area contributed by atoms with Crippen LogP contribution in [0.3, 0.4) is 0 Å². The summed E-state index contributed by atoms with van der Waals surface area (Å²) in [6.07, 6.45) is 3.32. The number of hydrogen-bond donors (Lipinski definition) is 1. The van der Waals surface area contributed by atoms with Crippen LogP contribution in [-0.4, -0.2) is 26.3 Å². The number of carbonyl (C=O) groups excluding carboxylic acids is 1. The van der Waals surface area contributed by atoms with Gasteiger partial charge in [0, 0.05) is 18.1 Å². The van der Waals surface area contributed by atoms with Gasteiger partial charge in [0.05, 0.1) is 10.8 Å². The lowest BCUT2D eigenvalue weighted by Gasteiger charge is -2.09. The fourth-order valence-electron chi connectivity index (χ4n) is 1.95. The number of carbonyl (C=O) groups is 1. The minimum absolute atomic E-state index is 0.120. The molecule has 122 valence electrons. The maximum Gasteiger partial charge on any atom is 0.277 e. The molecule has 0 radical (unpaired) electrons. The molecule has 0 saturated heterocycles. The molecule has 0 fully saturated rings. The molecule has 0 saturated carbocycles. The smallest absolute Gasteiger partial charge is 0.277 e. The second-order valence-corrected chi connectivity index (χ2v) is 6.52. The molecule has 0 spiro atoms. The Morgan fingerprint density at radius 3 is 2.71 bits per heavy atom. The van der Waals surface area contributed by atoms with E-state index in [1.807, 2.05) is 37.3 Å². The predicted molar refractivity (Wildman–Crippen MR) is 92.7 cm³/mol. The lowest BCUT2D eigenvalue weighted by molar-refractivity contribution is -0.115. The lowest BCUT2D eigenvalue weighted by Crippen LogP contribution is -2.22. The average molecular weight is 340 g/mol. The number of thioether (sulfide) groups is 1. The third kappa shape index (κ3) is 3.99. The largest absolute Gasteiger partial charge is 0.411 e. The van der Waals surface area contributed by atoms with Gasteiger partial charge < -0.3 is 9.73 Å². The van der Waals surface area contributed by atoms with E-state index < -0.39 is 0 Å². The van der Waals surface area contributed by atoms with Crippen molar-refractivity contribution in [2.45, 2.75) is 24.3 Å². The van der Waals surface area contributed by atoms with E-state index in [9.17, 15) is 4.79 Å². The third-order valence-electron chi connectivity index (χ3n) is 3.28. The first-order valence-electron chi connectivity index (χ1n) is 7.40. The molecule has 2 heterocycles. The van der Waals surface area contributed by atoms with Crippen molar-refractivity contribution in [2.24, 2.45) is 0 Å². The number of amides is 1. The minimum atomic E-state index is -0.367. The topological polar surface area (TPSA) is 80.9 Å². The highest BCUT2D eigenvalue weighted by molar-refractivity contribution is 8.00. The van der Waals surface area contributed by atoms with Crippen molar-refractivity contribution in [2.75, 3.05) is 5.32 Å². The van der Waals surface area contributed by atoms with E-state index in [2.05, 4.69) is 20.5 Å². The van der Waals surface area contributed by atoms with Gasteiger partial charge in [0.1, 0.15) is 0 Å². The second-order valence-electron chi connectivity index (χ2n) is 5.23. The van der Waals surface area contributed by atoms with E-state index in [0.29, 0.717) is 11.1 Å². The maximum atomic E-state index is 12.2. The van der Waals surface area contributed by atoms with Crippen LogP contribution in [0, 0.1) is 6.92 Å². The Balaban J connectivity index is 1.62. The highest BCUT2D eigenvalue weighted by Crippen LogP contribution is 2.26. The van der Waals surface area contributed by atoms with Crippen LogP contribution in [0.4, 0.5) is 5.69 Å². The van der Waals surface area contributed by atoms with Gasteiger partial charge in [0.15, 0.2) is 0 Å². The summed E-state index contributed by atoms with van der Waals surface area (Å²) in [7, 11) is 0. The molecule has 3 rings (SSSR count). The molecule has 0 bridgehead atoms. The van der Waals surface area contributed by atoms with Gasteiger partial charge in [-0.05, 0) is 38.1 Å². The van der Waals surface area contributed by atoms with Gasteiger partial charge in [0.2, 0.25) is 11.8 Å². The number of anilines is 1. The molecular weight excluding hydrogens is 324 g/mol. The predicted octanol–water partition coefficient (Wildman–Crippen LogP) is 3.56. The zero-order chi connectivity index (χ0) is 16.9. The van der Waals surface area contributed by atoms with Crippen LogP contribution >= 0.6 is 11.8 Å². The standard InChI is InChI=1S/C17H16N4O2S/c1-11-5-7-14(8-6-11)19-15(22)12(2)24-17-21-20-16(23-17)13-4-3-9-18-10-13/h3-10,12H,1-2H3,(H,19,22)/t12-/m1/s1. The summed E-state index contributed by atoms with van der Waals surface area (Å²) in [5.74, 6) is 0.265. The molecule has 2 aromatic heterocycles. The van der Waals surface area contributed by atoms with E-state index >= 15 is 0 Å². The van der Waals surface area contributed by atoms with Crippen LogP contribution in [0.2, 0.25) is 0 Å². The number of hydrogen-bond acceptors (Lipinski definition) is 6. The van der Waals surface area contributed by atoms with Crippen molar-refractivity contribution >= 4 is 23.4 Å². The molecule has 7 heteroatoms. The van der Waals surface area contributed by atoms with Gasteiger partial charge in [0.25, 0.3) is 5.22 Å². The van der Waals surface area contributed by atoms with Gasteiger partial charge >= 0.3 is 0 Å². The Morgan fingerprint density at radius 1 is 1.21 bits per heavy atom. The molecule has 24 heavy (non-hydrogen) atoms. The fourth-order valence-corrected chi connectivity index (χ4v) is 2.63. The first-order chi connectivity index (χ1) is 11.6. The fraction of sp³-hybridized carbons (Fsp3) is 0.176. The molecule has 0 unspecified atom stereocenters. The van der Waals surface area contributed by atoms with E-state index in [1.165, 1.54) is 11.8 Å². The van der Waals surface area contributed by atoms with Gasteiger partial charge in [-0.25, -0.2) is 0 Å². The van der Waals surface area contributed by atoms with E-state index in [0.717, 1.165) is 16.8 Å². The summed E-state index contributed by atoms with van der Waals surface area (Å²) in [6.45, 7) is 3.79.